The number of hydrogen-bond donors (Lipinski definition) is 0. The maximum Gasteiger partial charge on any atom is 0.174 e. The Morgan fingerprint density at radius 2 is 1.48 bits per heavy atom. The molecule has 3 heteroatoms. The molecule has 1 aliphatic carbocycles. The van der Waals surface area contributed by atoms with Crippen molar-refractivity contribution in [2.75, 3.05) is 5.01 Å². The van der Waals surface area contributed by atoms with Crippen molar-refractivity contribution in [1.29, 1.82) is 0 Å². The zero-order valence-electron chi connectivity index (χ0n) is 12.5. The summed E-state index contributed by atoms with van der Waals surface area (Å²) in [6.45, 7) is 0. The summed E-state index contributed by atoms with van der Waals surface area (Å²) in [4.78, 5) is 13.0. The summed E-state index contributed by atoms with van der Waals surface area (Å²) < 4.78 is 0. The van der Waals surface area contributed by atoms with Crippen LogP contribution in [-0.4, -0.2) is 17.5 Å². The molecule has 0 saturated carbocycles. The number of hydrogen-bond acceptors (Lipinski definition) is 3. The van der Waals surface area contributed by atoms with Crippen molar-refractivity contribution in [2.24, 2.45) is 11.0 Å². The number of ketones is 1. The maximum atomic E-state index is 13.0. The summed E-state index contributed by atoms with van der Waals surface area (Å²) in [6.07, 6.45) is 7.72. The average Bonchev–Trinajstić information content (AvgIpc) is 2.74. The van der Waals surface area contributed by atoms with E-state index in [4.69, 9.17) is 5.10 Å². The second-order valence-electron chi connectivity index (χ2n) is 5.63. The van der Waals surface area contributed by atoms with Gasteiger partial charge in [0.2, 0.25) is 0 Å². The van der Waals surface area contributed by atoms with E-state index in [2.05, 4.69) is 0 Å². The van der Waals surface area contributed by atoms with Crippen LogP contribution in [0.3, 0.4) is 0 Å². The van der Waals surface area contributed by atoms with Crippen LogP contribution in [0.2, 0.25) is 0 Å². The van der Waals surface area contributed by atoms with E-state index in [0.29, 0.717) is 0 Å². The Kier molecular flexibility index (Phi) is 3.39. The van der Waals surface area contributed by atoms with Crippen LogP contribution in [0.25, 0.3) is 0 Å². The minimum absolute atomic E-state index is 0.160. The van der Waals surface area contributed by atoms with Crippen LogP contribution in [0, 0.1) is 5.92 Å². The standard InChI is InChI=1S/C20H16N2O/c23-20-17-13-7-8-14-18(20)22(16-11-5-2-6-12-16)21-19(17)15-9-3-1-4-10-15/h1-14,17-18H. The first-order chi connectivity index (χ1) is 11.3. The lowest BCUT2D eigenvalue weighted by Crippen LogP contribution is -2.47. The van der Waals surface area contributed by atoms with Gasteiger partial charge in [-0.2, -0.15) is 5.10 Å². The van der Waals surface area contributed by atoms with Gasteiger partial charge < -0.3 is 0 Å². The topological polar surface area (TPSA) is 32.7 Å². The first kappa shape index (κ1) is 13.7. The van der Waals surface area contributed by atoms with Crippen LogP contribution in [-0.2, 0) is 4.79 Å². The van der Waals surface area contributed by atoms with Crippen LogP contribution in [0.5, 0.6) is 0 Å². The van der Waals surface area contributed by atoms with E-state index in [1.54, 1.807) is 0 Å². The van der Waals surface area contributed by atoms with Gasteiger partial charge in [0.25, 0.3) is 0 Å². The molecule has 0 spiro atoms. The molecule has 0 radical (unpaired) electrons. The van der Waals surface area contributed by atoms with Gasteiger partial charge in [-0.3, -0.25) is 9.80 Å². The third-order valence-corrected chi connectivity index (χ3v) is 4.17. The lowest BCUT2D eigenvalue weighted by Gasteiger charge is -2.34. The number of carbonyl (C=O) groups is 1. The van der Waals surface area contributed by atoms with E-state index in [1.807, 2.05) is 90.0 Å². The lowest BCUT2D eigenvalue weighted by molar-refractivity contribution is -0.120. The van der Waals surface area contributed by atoms with E-state index in [1.165, 1.54) is 0 Å². The van der Waals surface area contributed by atoms with Gasteiger partial charge in [-0.05, 0) is 17.7 Å². The fourth-order valence-electron chi connectivity index (χ4n) is 3.03. The Labute approximate surface area is 135 Å². The summed E-state index contributed by atoms with van der Waals surface area (Å²) in [5, 5.41) is 6.67. The molecule has 0 fully saturated rings. The van der Waals surface area contributed by atoms with Gasteiger partial charge in [-0.15, -0.1) is 0 Å². The largest absolute Gasteiger partial charge is 0.296 e. The number of nitrogens with zero attached hydrogens (tertiary/aromatic N) is 2. The smallest absolute Gasteiger partial charge is 0.174 e. The highest BCUT2D eigenvalue weighted by molar-refractivity contribution is 6.19. The molecule has 112 valence electrons. The Balaban J connectivity index is 1.88. The monoisotopic (exact) mass is 300 g/mol. The van der Waals surface area contributed by atoms with Gasteiger partial charge in [0.05, 0.1) is 17.3 Å². The Morgan fingerprint density at radius 3 is 2.22 bits per heavy atom. The number of fused-ring (bicyclic) bond motifs is 2. The van der Waals surface area contributed by atoms with Crippen molar-refractivity contribution in [3.63, 3.8) is 0 Å². The van der Waals surface area contributed by atoms with Crippen molar-refractivity contribution < 1.29 is 4.79 Å². The predicted octanol–water partition coefficient (Wildman–Crippen LogP) is 3.59. The number of para-hydroxylation sites is 1. The van der Waals surface area contributed by atoms with Crippen molar-refractivity contribution in [2.45, 2.75) is 6.04 Å². The summed E-state index contributed by atoms with van der Waals surface area (Å²) in [5.41, 5.74) is 2.71. The third-order valence-electron chi connectivity index (χ3n) is 4.17. The van der Waals surface area contributed by atoms with Gasteiger partial charge in [0, 0.05) is 0 Å². The number of rotatable bonds is 2. The van der Waals surface area contributed by atoms with Crippen LogP contribution < -0.4 is 5.01 Å². The summed E-state index contributed by atoms with van der Waals surface area (Å²) in [7, 11) is 0. The number of Topliss-reactive ketones (excluding diaryl/α,β-unsaturated/α-hetero) is 1. The van der Waals surface area contributed by atoms with Gasteiger partial charge in [0.15, 0.2) is 5.78 Å². The van der Waals surface area contributed by atoms with Gasteiger partial charge >= 0.3 is 0 Å². The zero-order valence-corrected chi connectivity index (χ0v) is 12.5. The van der Waals surface area contributed by atoms with Gasteiger partial charge in [0.1, 0.15) is 6.04 Å². The highest BCUT2D eigenvalue weighted by Crippen LogP contribution is 2.29. The van der Waals surface area contributed by atoms with Crippen molar-refractivity contribution >= 4 is 17.2 Å². The normalized spacial score (nSPS) is 22.7. The molecule has 0 saturated heterocycles. The molecule has 2 atom stereocenters. The average molecular weight is 300 g/mol. The molecule has 2 aliphatic rings. The highest BCUT2D eigenvalue weighted by atomic mass is 16.1. The van der Waals surface area contributed by atoms with E-state index < -0.39 is 0 Å². The molecule has 0 N–H and O–H groups in total. The first-order valence-corrected chi connectivity index (χ1v) is 7.71. The minimum Gasteiger partial charge on any atom is -0.296 e. The van der Waals surface area contributed by atoms with Crippen LogP contribution in [0.1, 0.15) is 5.56 Å². The first-order valence-electron chi connectivity index (χ1n) is 7.71. The molecule has 0 amide bonds. The molecule has 2 aromatic carbocycles. The summed E-state index contributed by atoms with van der Waals surface area (Å²) in [6, 6.07) is 19.4. The van der Waals surface area contributed by atoms with Crippen LogP contribution in [0.4, 0.5) is 5.69 Å². The second kappa shape index (κ2) is 5.69. The van der Waals surface area contributed by atoms with Crippen molar-refractivity contribution in [1.82, 2.24) is 0 Å². The fourth-order valence-corrected chi connectivity index (χ4v) is 3.03. The number of carbonyl (C=O) groups excluding carboxylic acids is 1. The van der Waals surface area contributed by atoms with Crippen LogP contribution >= 0.6 is 0 Å². The summed E-state index contributed by atoms with van der Waals surface area (Å²) in [5.74, 6) is -0.134. The molecule has 2 aromatic rings. The van der Waals surface area contributed by atoms with Gasteiger partial charge in [-0.1, -0.05) is 72.8 Å². The quantitative estimate of drug-likeness (QED) is 0.849. The van der Waals surface area contributed by atoms with Crippen molar-refractivity contribution in [3.05, 3.63) is 90.5 Å². The van der Waals surface area contributed by atoms with E-state index in [9.17, 15) is 4.79 Å². The third kappa shape index (κ3) is 2.40. The Bertz CT molecular complexity index is 806. The minimum atomic E-state index is -0.357. The number of anilines is 1. The summed E-state index contributed by atoms with van der Waals surface area (Å²) >= 11 is 0. The van der Waals surface area contributed by atoms with Gasteiger partial charge in [-0.25, -0.2) is 0 Å². The molecule has 4 rings (SSSR count). The molecule has 23 heavy (non-hydrogen) atoms. The van der Waals surface area contributed by atoms with Crippen LogP contribution in [0.15, 0.2) is 90.1 Å². The molecule has 1 heterocycles. The van der Waals surface area contributed by atoms with E-state index in [0.717, 1.165) is 17.0 Å². The fraction of sp³-hybridized carbons (Fsp3) is 0.100. The maximum absolute atomic E-state index is 13.0. The Hall–Kier alpha value is -2.94. The van der Waals surface area contributed by atoms with E-state index in [-0.39, 0.29) is 17.7 Å². The number of hydrazone groups is 1. The molecule has 1 aliphatic heterocycles. The zero-order chi connectivity index (χ0) is 15.6. The predicted molar refractivity (Wildman–Crippen MR) is 92.5 cm³/mol. The molecule has 2 bridgehead atoms. The molecule has 0 aromatic heterocycles. The lowest BCUT2D eigenvalue weighted by atomic mass is 9.88. The molecule has 2 unspecified atom stereocenters. The molecular formula is C20H16N2O. The Morgan fingerprint density at radius 1 is 0.826 bits per heavy atom. The van der Waals surface area contributed by atoms with Crippen molar-refractivity contribution in [3.8, 4) is 0 Å². The highest BCUT2D eigenvalue weighted by Gasteiger charge is 2.38. The number of benzene rings is 2. The molecule has 3 nitrogen and oxygen atoms in total. The number of allylic oxidation sites excluding steroid dienone is 3. The second-order valence-corrected chi connectivity index (χ2v) is 5.63. The SMILES string of the molecule is O=C1C2C=CC=CC1N(c1ccccc1)N=C2c1ccccc1. The van der Waals surface area contributed by atoms with E-state index >= 15 is 0 Å². The molecular weight excluding hydrogens is 284 g/mol.